The second kappa shape index (κ2) is 4.99. The minimum Gasteiger partial charge on any atom is -0.495 e. The van der Waals surface area contributed by atoms with Gasteiger partial charge in [-0.05, 0) is 34.8 Å². The summed E-state index contributed by atoms with van der Waals surface area (Å²) in [6, 6.07) is 6.87. The zero-order valence-corrected chi connectivity index (χ0v) is 10.5. The molecule has 1 fully saturated rings. The molecule has 2 rings (SSSR count). The van der Waals surface area contributed by atoms with Crippen molar-refractivity contribution in [3.63, 3.8) is 0 Å². The summed E-state index contributed by atoms with van der Waals surface area (Å²) in [6.45, 7) is 0.896. The van der Waals surface area contributed by atoms with Gasteiger partial charge in [-0.1, -0.05) is 18.6 Å². The van der Waals surface area contributed by atoms with E-state index in [0.717, 1.165) is 16.8 Å². The highest BCUT2D eigenvalue weighted by molar-refractivity contribution is 9.10. The summed E-state index contributed by atoms with van der Waals surface area (Å²) in [5.74, 6) is 0.948. The third-order valence-electron chi connectivity index (χ3n) is 2.94. The van der Waals surface area contributed by atoms with Crippen molar-refractivity contribution in [1.29, 1.82) is 0 Å². The van der Waals surface area contributed by atoms with Crippen LogP contribution < -0.4 is 10.1 Å². The molecule has 1 saturated carbocycles. The van der Waals surface area contributed by atoms with Gasteiger partial charge in [0.05, 0.1) is 11.6 Å². The van der Waals surface area contributed by atoms with Crippen LogP contribution >= 0.6 is 15.9 Å². The van der Waals surface area contributed by atoms with Crippen LogP contribution in [0.1, 0.15) is 24.8 Å². The fraction of sp³-hybridized carbons (Fsp3) is 0.500. The minimum atomic E-state index is 0.716. The zero-order valence-electron chi connectivity index (χ0n) is 8.92. The third kappa shape index (κ3) is 2.52. The molecule has 0 saturated heterocycles. The van der Waals surface area contributed by atoms with Crippen LogP contribution in [-0.2, 0) is 6.54 Å². The Hall–Kier alpha value is -0.540. The van der Waals surface area contributed by atoms with Gasteiger partial charge in [-0.2, -0.15) is 0 Å². The SMILES string of the molecule is COc1c(Br)cccc1CNC1CCC1. The molecule has 0 radical (unpaired) electrons. The van der Waals surface area contributed by atoms with E-state index in [1.54, 1.807) is 7.11 Å². The van der Waals surface area contributed by atoms with Gasteiger partial charge in [0.2, 0.25) is 0 Å². The van der Waals surface area contributed by atoms with E-state index in [9.17, 15) is 0 Å². The summed E-state index contributed by atoms with van der Waals surface area (Å²) in [5, 5.41) is 3.54. The van der Waals surface area contributed by atoms with E-state index in [-0.39, 0.29) is 0 Å². The first-order chi connectivity index (χ1) is 7.31. The first kappa shape index (κ1) is 11.0. The molecule has 1 aromatic rings. The first-order valence-electron chi connectivity index (χ1n) is 5.36. The van der Waals surface area contributed by atoms with Crippen LogP contribution in [0.5, 0.6) is 5.75 Å². The predicted molar refractivity (Wildman–Crippen MR) is 65.2 cm³/mol. The van der Waals surface area contributed by atoms with Crippen LogP contribution in [0.15, 0.2) is 22.7 Å². The average molecular weight is 270 g/mol. The van der Waals surface area contributed by atoms with Gasteiger partial charge in [0.25, 0.3) is 0 Å². The smallest absolute Gasteiger partial charge is 0.137 e. The molecular formula is C12H16BrNO. The summed E-state index contributed by atoms with van der Waals surface area (Å²) >= 11 is 3.49. The van der Waals surface area contributed by atoms with Gasteiger partial charge in [0, 0.05) is 18.2 Å². The quantitative estimate of drug-likeness (QED) is 0.907. The summed E-state index contributed by atoms with van der Waals surface area (Å²) in [5.41, 5.74) is 1.22. The maximum absolute atomic E-state index is 5.37. The summed E-state index contributed by atoms with van der Waals surface area (Å²) in [6.07, 6.45) is 4.00. The van der Waals surface area contributed by atoms with Gasteiger partial charge in [-0.15, -0.1) is 0 Å². The van der Waals surface area contributed by atoms with Crippen molar-refractivity contribution in [3.05, 3.63) is 28.2 Å². The fourth-order valence-corrected chi connectivity index (χ4v) is 2.36. The lowest BCUT2D eigenvalue weighted by atomic mass is 9.93. The second-order valence-electron chi connectivity index (χ2n) is 3.94. The van der Waals surface area contributed by atoms with Crippen LogP contribution in [0, 0.1) is 0 Å². The van der Waals surface area contributed by atoms with E-state index in [1.807, 2.05) is 12.1 Å². The lowest BCUT2D eigenvalue weighted by Gasteiger charge is -2.27. The average Bonchev–Trinajstić information content (AvgIpc) is 2.15. The molecule has 15 heavy (non-hydrogen) atoms. The maximum atomic E-state index is 5.37. The number of rotatable bonds is 4. The third-order valence-corrected chi connectivity index (χ3v) is 3.56. The van der Waals surface area contributed by atoms with E-state index < -0.39 is 0 Å². The number of benzene rings is 1. The lowest BCUT2D eigenvalue weighted by Crippen LogP contribution is -2.34. The van der Waals surface area contributed by atoms with Gasteiger partial charge in [0.1, 0.15) is 5.75 Å². The lowest BCUT2D eigenvalue weighted by molar-refractivity contribution is 0.334. The van der Waals surface area contributed by atoms with E-state index >= 15 is 0 Å². The van der Waals surface area contributed by atoms with Crippen molar-refractivity contribution in [2.75, 3.05) is 7.11 Å². The highest BCUT2D eigenvalue weighted by atomic mass is 79.9. The maximum Gasteiger partial charge on any atom is 0.137 e. The van der Waals surface area contributed by atoms with E-state index in [4.69, 9.17) is 4.74 Å². The Balaban J connectivity index is 2.02. The summed E-state index contributed by atoms with van der Waals surface area (Å²) in [7, 11) is 1.72. The van der Waals surface area contributed by atoms with Crippen molar-refractivity contribution in [2.24, 2.45) is 0 Å². The fourth-order valence-electron chi connectivity index (χ4n) is 1.79. The number of ether oxygens (including phenoxy) is 1. The van der Waals surface area contributed by atoms with Gasteiger partial charge in [-0.25, -0.2) is 0 Å². The van der Waals surface area contributed by atoms with Crippen molar-refractivity contribution < 1.29 is 4.74 Å². The molecular weight excluding hydrogens is 254 g/mol. The Morgan fingerprint density at radius 2 is 2.27 bits per heavy atom. The molecule has 3 heteroatoms. The Morgan fingerprint density at radius 1 is 1.47 bits per heavy atom. The second-order valence-corrected chi connectivity index (χ2v) is 4.80. The number of hydrogen-bond donors (Lipinski definition) is 1. The number of para-hydroxylation sites is 1. The van der Waals surface area contributed by atoms with E-state index in [0.29, 0.717) is 6.04 Å². The van der Waals surface area contributed by atoms with Crippen LogP contribution in [0.4, 0.5) is 0 Å². The van der Waals surface area contributed by atoms with Gasteiger partial charge in [-0.3, -0.25) is 0 Å². The molecule has 0 bridgehead atoms. The molecule has 1 aliphatic carbocycles. The molecule has 0 spiro atoms. The highest BCUT2D eigenvalue weighted by Crippen LogP contribution is 2.29. The van der Waals surface area contributed by atoms with Crippen LogP contribution in [0.3, 0.4) is 0 Å². The highest BCUT2D eigenvalue weighted by Gasteiger charge is 2.17. The Kier molecular flexibility index (Phi) is 3.65. The Morgan fingerprint density at radius 3 is 2.87 bits per heavy atom. The zero-order chi connectivity index (χ0) is 10.7. The van der Waals surface area contributed by atoms with Gasteiger partial charge in [0.15, 0.2) is 0 Å². The van der Waals surface area contributed by atoms with Crippen molar-refractivity contribution >= 4 is 15.9 Å². The van der Waals surface area contributed by atoms with E-state index in [1.165, 1.54) is 24.8 Å². The number of methoxy groups -OCH3 is 1. The normalized spacial score (nSPS) is 16.1. The topological polar surface area (TPSA) is 21.3 Å². The summed E-state index contributed by atoms with van der Waals surface area (Å²) in [4.78, 5) is 0. The van der Waals surface area contributed by atoms with Crippen LogP contribution in [0.25, 0.3) is 0 Å². The molecule has 0 unspecified atom stereocenters. The number of hydrogen-bond acceptors (Lipinski definition) is 2. The van der Waals surface area contributed by atoms with Crippen LogP contribution in [-0.4, -0.2) is 13.2 Å². The number of nitrogens with one attached hydrogen (secondary N) is 1. The van der Waals surface area contributed by atoms with Crippen molar-refractivity contribution in [2.45, 2.75) is 31.8 Å². The van der Waals surface area contributed by atoms with Gasteiger partial charge >= 0.3 is 0 Å². The van der Waals surface area contributed by atoms with Crippen molar-refractivity contribution in [1.82, 2.24) is 5.32 Å². The Bertz CT molecular complexity index is 336. The molecule has 0 heterocycles. The molecule has 0 aliphatic heterocycles. The largest absolute Gasteiger partial charge is 0.495 e. The monoisotopic (exact) mass is 269 g/mol. The van der Waals surface area contributed by atoms with E-state index in [2.05, 4.69) is 27.3 Å². The molecule has 1 aliphatic rings. The molecule has 1 aromatic carbocycles. The molecule has 1 N–H and O–H groups in total. The molecule has 0 amide bonds. The predicted octanol–water partition coefficient (Wildman–Crippen LogP) is 3.10. The molecule has 0 aromatic heterocycles. The molecule has 82 valence electrons. The van der Waals surface area contributed by atoms with Crippen LogP contribution in [0.2, 0.25) is 0 Å². The van der Waals surface area contributed by atoms with Crippen molar-refractivity contribution in [3.8, 4) is 5.75 Å². The first-order valence-corrected chi connectivity index (χ1v) is 6.15. The Labute approximate surface area is 99.1 Å². The molecule has 2 nitrogen and oxygen atoms in total. The molecule has 0 atom stereocenters. The summed E-state index contributed by atoms with van der Waals surface area (Å²) < 4.78 is 6.40. The van der Waals surface area contributed by atoms with Gasteiger partial charge < -0.3 is 10.1 Å². The minimum absolute atomic E-state index is 0.716. The number of halogens is 1. The standard InChI is InChI=1S/C12H16BrNO/c1-15-12-9(4-2-7-11(12)13)8-14-10-5-3-6-10/h2,4,7,10,14H,3,5-6,8H2,1H3.